The topological polar surface area (TPSA) is 93.4 Å². The Bertz CT molecular complexity index is 626. The summed E-state index contributed by atoms with van der Waals surface area (Å²) in [6.07, 6.45) is 2.59. The summed E-state index contributed by atoms with van der Waals surface area (Å²) < 4.78 is 29.1. The van der Waals surface area contributed by atoms with E-state index in [0.717, 1.165) is 6.26 Å². The molecule has 18 heavy (non-hydrogen) atoms. The van der Waals surface area contributed by atoms with Crippen LogP contribution in [0.2, 0.25) is 0 Å². The fraction of sp³-hybridized carbons (Fsp3) is 0.455. The predicted octanol–water partition coefficient (Wildman–Crippen LogP) is 0.796. The molecule has 0 aromatic carbocycles. The number of hydrogen-bond acceptors (Lipinski definition) is 5. The number of ketones is 1. The maximum absolute atomic E-state index is 11.7. The van der Waals surface area contributed by atoms with Crippen molar-refractivity contribution in [3.05, 3.63) is 22.6 Å². The van der Waals surface area contributed by atoms with Gasteiger partial charge in [0.05, 0.1) is 11.8 Å². The molecule has 98 valence electrons. The summed E-state index contributed by atoms with van der Waals surface area (Å²) in [6, 6.07) is 0. The second-order valence-corrected chi connectivity index (χ2v) is 6.08. The van der Waals surface area contributed by atoms with Crippen LogP contribution in [0.4, 0.5) is 0 Å². The largest absolute Gasteiger partial charge is 0.455 e. The molecule has 0 spiro atoms. The predicted molar refractivity (Wildman–Crippen MR) is 63.0 cm³/mol. The van der Waals surface area contributed by atoms with E-state index in [4.69, 9.17) is 4.42 Å². The van der Waals surface area contributed by atoms with Crippen molar-refractivity contribution in [1.29, 1.82) is 0 Å². The lowest BCUT2D eigenvalue weighted by atomic mass is 9.94. The molecule has 0 radical (unpaired) electrons. The summed E-state index contributed by atoms with van der Waals surface area (Å²) in [5.41, 5.74) is 0.843. The van der Waals surface area contributed by atoms with Crippen molar-refractivity contribution in [2.75, 3.05) is 6.26 Å². The van der Waals surface area contributed by atoms with E-state index in [-0.39, 0.29) is 11.5 Å². The fourth-order valence-electron chi connectivity index (χ4n) is 2.08. The number of aryl methyl sites for hydroxylation is 1. The summed E-state index contributed by atoms with van der Waals surface area (Å²) in [7, 11) is -3.65. The van der Waals surface area contributed by atoms with Crippen molar-refractivity contribution in [1.82, 2.24) is 4.72 Å². The standard InChI is InChI=1S/C11H13NO5S/c1-6-9-7(13)4-3-5-8(9)17-10(6)11(14)12-18(2,15)16/h3-5H2,1-2H3,(H,12,14). The maximum atomic E-state index is 11.7. The Morgan fingerprint density at radius 1 is 1.33 bits per heavy atom. The first kappa shape index (κ1) is 12.8. The molecule has 1 aromatic rings. The number of carbonyl (C=O) groups excluding carboxylic acids is 2. The summed E-state index contributed by atoms with van der Waals surface area (Å²) in [5, 5.41) is 0. The Hall–Kier alpha value is -1.63. The molecule has 1 aromatic heterocycles. The SMILES string of the molecule is Cc1c(C(=O)NS(C)(=O)=O)oc2c1C(=O)CCC2. The van der Waals surface area contributed by atoms with Gasteiger partial charge in [0.1, 0.15) is 5.76 Å². The fourth-order valence-corrected chi connectivity index (χ4v) is 2.51. The molecule has 0 atom stereocenters. The molecule has 0 fully saturated rings. The van der Waals surface area contributed by atoms with Crippen LogP contribution in [0.15, 0.2) is 4.42 Å². The van der Waals surface area contributed by atoms with Gasteiger partial charge in [0.2, 0.25) is 10.0 Å². The molecule has 1 N–H and O–H groups in total. The van der Waals surface area contributed by atoms with E-state index < -0.39 is 15.9 Å². The average Bonchev–Trinajstić information content (AvgIpc) is 2.55. The molecule has 0 saturated carbocycles. The van der Waals surface area contributed by atoms with Gasteiger partial charge >= 0.3 is 5.91 Å². The Morgan fingerprint density at radius 3 is 2.56 bits per heavy atom. The smallest absolute Gasteiger partial charge is 0.300 e. The van der Waals surface area contributed by atoms with Gasteiger partial charge in [-0.05, 0) is 13.3 Å². The zero-order chi connectivity index (χ0) is 13.5. The van der Waals surface area contributed by atoms with E-state index in [9.17, 15) is 18.0 Å². The van der Waals surface area contributed by atoms with Crippen LogP contribution in [-0.4, -0.2) is 26.4 Å². The Labute approximate surface area is 104 Å². The first-order chi connectivity index (χ1) is 8.29. The number of amides is 1. The van der Waals surface area contributed by atoms with Gasteiger partial charge in [0, 0.05) is 18.4 Å². The number of furan rings is 1. The monoisotopic (exact) mass is 271 g/mol. The van der Waals surface area contributed by atoms with Crippen LogP contribution in [0, 0.1) is 6.92 Å². The number of rotatable bonds is 2. The maximum Gasteiger partial charge on any atom is 0.300 e. The number of fused-ring (bicyclic) bond motifs is 1. The molecule has 0 unspecified atom stereocenters. The lowest BCUT2D eigenvalue weighted by Gasteiger charge is -2.07. The average molecular weight is 271 g/mol. The van der Waals surface area contributed by atoms with Crippen LogP contribution in [-0.2, 0) is 16.4 Å². The third-order valence-electron chi connectivity index (χ3n) is 2.79. The highest BCUT2D eigenvalue weighted by Gasteiger charge is 2.29. The van der Waals surface area contributed by atoms with E-state index in [1.807, 2.05) is 4.72 Å². The number of sulfonamides is 1. The van der Waals surface area contributed by atoms with E-state index in [1.165, 1.54) is 0 Å². The van der Waals surface area contributed by atoms with Gasteiger partial charge in [0.15, 0.2) is 11.5 Å². The van der Waals surface area contributed by atoms with Crippen LogP contribution >= 0.6 is 0 Å². The second kappa shape index (κ2) is 4.24. The zero-order valence-corrected chi connectivity index (χ0v) is 10.9. The Kier molecular flexibility index (Phi) is 3.02. The minimum absolute atomic E-state index is 0.0593. The zero-order valence-electron chi connectivity index (χ0n) is 10.1. The van der Waals surface area contributed by atoms with Crippen LogP contribution in [0.25, 0.3) is 0 Å². The first-order valence-corrected chi connectivity index (χ1v) is 7.36. The molecule has 1 amide bonds. The molecule has 2 rings (SSSR count). The molecule has 0 bridgehead atoms. The summed E-state index contributed by atoms with van der Waals surface area (Å²) in [6.45, 7) is 1.59. The molecule has 1 aliphatic rings. The lowest BCUT2D eigenvalue weighted by Crippen LogP contribution is -2.29. The summed E-state index contributed by atoms with van der Waals surface area (Å²) in [5.74, 6) is -0.517. The number of carbonyl (C=O) groups is 2. The third-order valence-corrected chi connectivity index (χ3v) is 3.35. The Balaban J connectivity index is 2.42. The molecule has 0 saturated heterocycles. The molecular weight excluding hydrogens is 258 g/mol. The highest BCUT2D eigenvalue weighted by Crippen LogP contribution is 2.29. The number of hydrogen-bond donors (Lipinski definition) is 1. The molecular formula is C11H13NO5S. The number of nitrogens with one attached hydrogen (secondary N) is 1. The molecule has 0 aliphatic heterocycles. The number of Topliss-reactive ketones (excluding diaryl/α,β-unsaturated/α-hetero) is 1. The minimum Gasteiger partial charge on any atom is -0.455 e. The van der Waals surface area contributed by atoms with Gasteiger partial charge in [-0.3, -0.25) is 9.59 Å². The lowest BCUT2D eigenvalue weighted by molar-refractivity contribution is 0.0944. The van der Waals surface area contributed by atoms with Gasteiger partial charge in [-0.15, -0.1) is 0 Å². The third kappa shape index (κ3) is 2.31. The van der Waals surface area contributed by atoms with Crippen molar-refractivity contribution in [2.24, 2.45) is 0 Å². The van der Waals surface area contributed by atoms with Crippen LogP contribution in [0.1, 0.15) is 45.1 Å². The molecule has 1 heterocycles. The first-order valence-electron chi connectivity index (χ1n) is 5.47. The minimum atomic E-state index is -3.65. The van der Waals surface area contributed by atoms with Gasteiger partial charge in [0.25, 0.3) is 0 Å². The van der Waals surface area contributed by atoms with E-state index in [0.29, 0.717) is 36.1 Å². The van der Waals surface area contributed by atoms with Gasteiger partial charge < -0.3 is 4.42 Å². The summed E-state index contributed by atoms with van der Waals surface area (Å²) in [4.78, 5) is 23.4. The highest BCUT2D eigenvalue weighted by atomic mass is 32.2. The molecule has 1 aliphatic carbocycles. The van der Waals surface area contributed by atoms with Gasteiger partial charge in [-0.25, -0.2) is 13.1 Å². The van der Waals surface area contributed by atoms with Crippen molar-refractivity contribution < 1.29 is 22.4 Å². The van der Waals surface area contributed by atoms with Crippen LogP contribution in [0.3, 0.4) is 0 Å². The highest BCUT2D eigenvalue weighted by molar-refractivity contribution is 7.89. The van der Waals surface area contributed by atoms with E-state index >= 15 is 0 Å². The molecule has 7 heteroatoms. The summed E-state index contributed by atoms with van der Waals surface area (Å²) >= 11 is 0. The normalized spacial score (nSPS) is 15.3. The van der Waals surface area contributed by atoms with Gasteiger partial charge in [-0.2, -0.15) is 0 Å². The molecule has 6 nitrogen and oxygen atoms in total. The van der Waals surface area contributed by atoms with E-state index in [1.54, 1.807) is 6.92 Å². The van der Waals surface area contributed by atoms with Gasteiger partial charge in [-0.1, -0.05) is 0 Å². The Morgan fingerprint density at radius 2 is 2.00 bits per heavy atom. The van der Waals surface area contributed by atoms with Crippen molar-refractivity contribution in [3.63, 3.8) is 0 Å². The van der Waals surface area contributed by atoms with Crippen molar-refractivity contribution in [3.8, 4) is 0 Å². The quantitative estimate of drug-likeness (QED) is 0.858. The van der Waals surface area contributed by atoms with Crippen LogP contribution in [0.5, 0.6) is 0 Å². The van der Waals surface area contributed by atoms with Crippen molar-refractivity contribution >= 4 is 21.7 Å². The van der Waals surface area contributed by atoms with Crippen LogP contribution < -0.4 is 4.72 Å². The van der Waals surface area contributed by atoms with Crippen molar-refractivity contribution in [2.45, 2.75) is 26.2 Å². The van der Waals surface area contributed by atoms with E-state index in [2.05, 4.69) is 0 Å². The second-order valence-electron chi connectivity index (χ2n) is 4.33.